The van der Waals surface area contributed by atoms with Gasteiger partial charge < -0.3 is 25.2 Å². The summed E-state index contributed by atoms with van der Waals surface area (Å²) in [5.41, 5.74) is -0.477. The number of ether oxygens (including phenoxy) is 2. The molecule has 138 valence electrons. The van der Waals surface area contributed by atoms with Gasteiger partial charge in [0.25, 0.3) is 0 Å². The fraction of sp³-hybridized carbons (Fsp3) is 0.941. The molecule has 0 aliphatic heterocycles. The van der Waals surface area contributed by atoms with Gasteiger partial charge in [0, 0.05) is 25.7 Å². The van der Waals surface area contributed by atoms with Gasteiger partial charge in [-0.1, -0.05) is 13.8 Å². The Kier molecular flexibility index (Phi) is 11.2. The third kappa shape index (κ3) is 13.3. The van der Waals surface area contributed by atoms with Crippen LogP contribution in [0.5, 0.6) is 0 Å². The first-order valence-electron chi connectivity index (χ1n) is 8.50. The summed E-state index contributed by atoms with van der Waals surface area (Å²) in [6, 6.07) is 0.241. The molecule has 0 aromatic rings. The molecule has 0 rings (SSSR count). The molecule has 0 aromatic heterocycles. The number of amides is 1. The molecule has 0 saturated carbocycles. The lowest BCUT2D eigenvalue weighted by Gasteiger charge is -2.25. The number of aliphatic hydroxyl groups is 1. The Morgan fingerprint density at radius 3 is 2.35 bits per heavy atom. The van der Waals surface area contributed by atoms with Crippen molar-refractivity contribution in [2.45, 2.75) is 71.6 Å². The third-order valence-electron chi connectivity index (χ3n) is 3.21. The fourth-order valence-corrected chi connectivity index (χ4v) is 2.37. The molecule has 0 aromatic carbocycles. The molecule has 0 aliphatic rings. The van der Waals surface area contributed by atoms with Crippen LogP contribution < -0.4 is 10.6 Å². The minimum Gasteiger partial charge on any atom is -0.444 e. The number of carbonyl (C=O) groups excluding carboxylic acids is 1. The quantitative estimate of drug-likeness (QED) is 0.506. The highest BCUT2D eigenvalue weighted by molar-refractivity contribution is 5.67. The Hall–Kier alpha value is -0.850. The van der Waals surface area contributed by atoms with E-state index in [4.69, 9.17) is 9.47 Å². The van der Waals surface area contributed by atoms with Crippen molar-refractivity contribution in [1.82, 2.24) is 10.6 Å². The van der Waals surface area contributed by atoms with Crippen molar-refractivity contribution in [1.29, 1.82) is 0 Å². The van der Waals surface area contributed by atoms with Crippen LogP contribution in [0.2, 0.25) is 0 Å². The number of nitrogens with one attached hydrogen (secondary N) is 2. The van der Waals surface area contributed by atoms with E-state index < -0.39 is 5.60 Å². The Bertz CT molecular complexity index is 316. The normalized spacial score (nSPS) is 14.6. The average Bonchev–Trinajstić information content (AvgIpc) is 2.40. The molecule has 0 radical (unpaired) electrons. The van der Waals surface area contributed by atoms with Crippen LogP contribution in [0.3, 0.4) is 0 Å². The molecule has 0 bridgehead atoms. The van der Waals surface area contributed by atoms with Crippen LogP contribution >= 0.6 is 0 Å². The predicted octanol–water partition coefficient (Wildman–Crippen LogP) is 2.30. The first kappa shape index (κ1) is 22.1. The monoisotopic (exact) mass is 332 g/mol. The Morgan fingerprint density at radius 1 is 1.22 bits per heavy atom. The van der Waals surface area contributed by atoms with E-state index in [1.165, 1.54) is 0 Å². The van der Waals surface area contributed by atoms with E-state index in [1.807, 2.05) is 20.8 Å². The van der Waals surface area contributed by atoms with Crippen LogP contribution in [0.1, 0.15) is 53.9 Å². The van der Waals surface area contributed by atoms with E-state index in [2.05, 4.69) is 24.5 Å². The molecule has 2 atom stereocenters. The van der Waals surface area contributed by atoms with E-state index in [0.717, 1.165) is 19.3 Å². The van der Waals surface area contributed by atoms with Gasteiger partial charge in [0.15, 0.2) is 0 Å². The minimum absolute atomic E-state index is 0.0777. The summed E-state index contributed by atoms with van der Waals surface area (Å²) < 4.78 is 10.4. The Balaban J connectivity index is 4.11. The summed E-state index contributed by atoms with van der Waals surface area (Å²) in [5, 5.41) is 15.7. The zero-order chi connectivity index (χ0) is 17.9. The molecule has 6 nitrogen and oxygen atoms in total. The van der Waals surface area contributed by atoms with E-state index in [1.54, 1.807) is 7.11 Å². The molecule has 6 heteroatoms. The van der Waals surface area contributed by atoms with Crippen LogP contribution in [0.15, 0.2) is 0 Å². The fourth-order valence-electron chi connectivity index (χ4n) is 2.37. The molecule has 1 amide bonds. The van der Waals surface area contributed by atoms with Crippen LogP contribution in [0.4, 0.5) is 4.79 Å². The summed E-state index contributed by atoms with van der Waals surface area (Å²) >= 11 is 0. The molecule has 2 unspecified atom stereocenters. The predicted molar refractivity (Wildman–Crippen MR) is 92.6 cm³/mol. The van der Waals surface area contributed by atoms with Gasteiger partial charge in [0.05, 0.1) is 13.2 Å². The van der Waals surface area contributed by atoms with Gasteiger partial charge >= 0.3 is 6.09 Å². The number of alkyl carbamates (subject to hydrolysis) is 1. The topological polar surface area (TPSA) is 79.8 Å². The lowest BCUT2D eigenvalue weighted by Crippen LogP contribution is -2.44. The molecule has 0 saturated heterocycles. The van der Waals surface area contributed by atoms with E-state index in [9.17, 15) is 9.90 Å². The molecular weight excluding hydrogens is 296 g/mol. The summed E-state index contributed by atoms with van der Waals surface area (Å²) in [6.07, 6.45) is 2.22. The SMILES string of the molecule is COCC(CCCNC(=O)OC(C)(C)C)NC(CO)CC(C)C. The first-order chi connectivity index (χ1) is 10.7. The van der Waals surface area contributed by atoms with Gasteiger partial charge in [0.2, 0.25) is 0 Å². The number of aliphatic hydroxyl groups excluding tert-OH is 1. The van der Waals surface area contributed by atoms with Crippen molar-refractivity contribution in [2.24, 2.45) is 5.92 Å². The maximum atomic E-state index is 11.6. The number of methoxy groups -OCH3 is 1. The van der Waals surface area contributed by atoms with Crippen molar-refractivity contribution in [3.63, 3.8) is 0 Å². The summed E-state index contributed by atoms with van der Waals surface area (Å²) in [5.74, 6) is 0.525. The smallest absolute Gasteiger partial charge is 0.407 e. The zero-order valence-corrected chi connectivity index (χ0v) is 15.6. The van der Waals surface area contributed by atoms with E-state index in [0.29, 0.717) is 19.1 Å². The lowest BCUT2D eigenvalue weighted by atomic mass is 10.0. The van der Waals surface area contributed by atoms with E-state index in [-0.39, 0.29) is 24.8 Å². The molecule has 0 aliphatic carbocycles. The van der Waals surface area contributed by atoms with Crippen molar-refractivity contribution in [3.05, 3.63) is 0 Å². The second-order valence-corrected chi connectivity index (χ2v) is 7.40. The highest BCUT2D eigenvalue weighted by Crippen LogP contribution is 2.08. The summed E-state index contributed by atoms with van der Waals surface area (Å²) in [4.78, 5) is 11.6. The maximum Gasteiger partial charge on any atom is 0.407 e. The number of carbonyl (C=O) groups is 1. The highest BCUT2D eigenvalue weighted by atomic mass is 16.6. The average molecular weight is 332 g/mol. The Morgan fingerprint density at radius 2 is 1.87 bits per heavy atom. The number of hydrogen-bond acceptors (Lipinski definition) is 5. The molecule has 0 heterocycles. The molecule has 0 spiro atoms. The molecule has 3 N–H and O–H groups in total. The van der Waals surface area contributed by atoms with Gasteiger partial charge in [-0.15, -0.1) is 0 Å². The van der Waals surface area contributed by atoms with Crippen molar-refractivity contribution >= 4 is 6.09 Å². The molecule has 23 heavy (non-hydrogen) atoms. The number of hydrogen-bond donors (Lipinski definition) is 3. The van der Waals surface area contributed by atoms with Crippen molar-refractivity contribution < 1.29 is 19.4 Å². The second kappa shape index (κ2) is 11.6. The largest absolute Gasteiger partial charge is 0.444 e. The maximum absolute atomic E-state index is 11.6. The summed E-state index contributed by atoms with van der Waals surface area (Å²) in [6.45, 7) is 11.1. The van der Waals surface area contributed by atoms with Gasteiger partial charge in [-0.2, -0.15) is 0 Å². The molecular formula is C17H36N2O4. The van der Waals surface area contributed by atoms with Crippen LogP contribution in [-0.2, 0) is 9.47 Å². The molecule has 0 fully saturated rings. The van der Waals surface area contributed by atoms with Gasteiger partial charge in [-0.25, -0.2) is 4.79 Å². The second-order valence-electron chi connectivity index (χ2n) is 7.40. The highest BCUT2D eigenvalue weighted by Gasteiger charge is 2.17. The minimum atomic E-state index is -0.477. The Labute approximate surface area is 141 Å². The van der Waals surface area contributed by atoms with Crippen LogP contribution in [0.25, 0.3) is 0 Å². The van der Waals surface area contributed by atoms with E-state index >= 15 is 0 Å². The van der Waals surface area contributed by atoms with Gasteiger partial charge in [-0.05, 0) is 46.0 Å². The third-order valence-corrected chi connectivity index (χ3v) is 3.21. The van der Waals surface area contributed by atoms with Crippen LogP contribution in [0, 0.1) is 5.92 Å². The van der Waals surface area contributed by atoms with Crippen LogP contribution in [-0.4, -0.2) is 55.8 Å². The lowest BCUT2D eigenvalue weighted by molar-refractivity contribution is 0.0525. The van der Waals surface area contributed by atoms with Crippen molar-refractivity contribution in [3.8, 4) is 0 Å². The van der Waals surface area contributed by atoms with Gasteiger partial charge in [0.1, 0.15) is 5.60 Å². The first-order valence-corrected chi connectivity index (χ1v) is 8.50. The zero-order valence-electron chi connectivity index (χ0n) is 15.6. The van der Waals surface area contributed by atoms with Crippen molar-refractivity contribution in [2.75, 3.05) is 26.9 Å². The summed E-state index contributed by atoms with van der Waals surface area (Å²) in [7, 11) is 1.67. The van der Waals surface area contributed by atoms with Gasteiger partial charge in [-0.3, -0.25) is 0 Å². The number of rotatable bonds is 11. The standard InChI is InChI=1S/C17H36N2O4/c1-13(2)10-15(11-20)19-14(12-22-6)8-7-9-18-16(21)23-17(3,4)5/h13-15,19-20H,7-12H2,1-6H3,(H,18,21).